The van der Waals surface area contributed by atoms with Gasteiger partial charge in [-0.1, -0.05) is 79.6 Å². The first kappa shape index (κ1) is 15.0. The summed E-state index contributed by atoms with van der Waals surface area (Å²) < 4.78 is 0. The van der Waals surface area contributed by atoms with Crippen molar-refractivity contribution in [3.8, 4) is 0 Å². The molecule has 0 amide bonds. The van der Waals surface area contributed by atoms with Crippen LogP contribution >= 0.6 is 0 Å². The third-order valence-electron chi connectivity index (χ3n) is 3.94. The Bertz CT molecular complexity index is 126. The molecule has 2 atom stereocenters. The molecule has 0 radical (unpaired) electrons. The summed E-state index contributed by atoms with van der Waals surface area (Å²) in [4.78, 5) is 0. The lowest BCUT2D eigenvalue weighted by molar-refractivity contribution is 0.333. The number of hydrogen-bond acceptors (Lipinski definition) is 0. The van der Waals surface area contributed by atoms with Crippen molar-refractivity contribution in [2.24, 2.45) is 17.8 Å². The third kappa shape index (κ3) is 7.88. The molecule has 2 unspecified atom stereocenters. The second-order valence-corrected chi connectivity index (χ2v) is 5.56. The Labute approximate surface area is 97.8 Å². The molecular formula is C15H32. The van der Waals surface area contributed by atoms with Gasteiger partial charge in [-0.3, -0.25) is 0 Å². The van der Waals surface area contributed by atoms with Crippen LogP contribution in [0.15, 0.2) is 0 Å². The van der Waals surface area contributed by atoms with Crippen molar-refractivity contribution in [1.82, 2.24) is 0 Å². The molecule has 0 heterocycles. The maximum Gasteiger partial charge on any atom is -0.0394 e. The minimum atomic E-state index is 0.879. The lowest BCUT2D eigenvalue weighted by Crippen LogP contribution is -2.07. The predicted octanol–water partition coefficient (Wildman–Crippen LogP) is 5.67. The summed E-state index contributed by atoms with van der Waals surface area (Å²) in [6.07, 6.45) is 9.96. The molecule has 0 saturated carbocycles. The fourth-order valence-corrected chi connectivity index (χ4v) is 2.29. The van der Waals surface area contributed by atoms with E-state index in [0.717, 1.165) is 17.8 Å². The van der Waals surface area contributed by atoms with Crippen LogP contribution in [-0.4, -0.2) is 0 Å². The fraction of sp³-hybridized carbons (Fsp3) is 1.00. The molecule has 0 bridgehead atoms. The smallest absolute Gasteiger partial charge is 0.0394 e. The van der Waals surface area contributed by atoms with Gasteiger partial charge in [0, 0.05) is 0 Å². The maximum atomic E-state index is 2.38. The molecule has 0 N–H and O–H groups in total. The van der Waals surface area contributed by atoms with Crippen LogP contribution in [0.1, 0.15) is 79.6 Å². The van der Waals surface area contributed by atoms with E-state index in [9.17, 15) is 0 Å². The summed E-state index contributed by atoms with van der Waals surface area (Å²) in [6.45, 7) is 11.8. The molecule has 0 aromatic rings. The maximum absolute atomic E-state index is 2.38. The normalized spacial score (nSPS) is 15.6. The summed E-state index contributed by atoms with van der Waals surface area (Å²) in [5.74, 6) is 2.79. The zero-order valence-electron chi connectivity index (χ0n) is 11.7. The topological polar surface area (TPSA) is 0 Å². The Balaban J connectivity index is 3.37. The standard InChI is InChI=1S/C15H32/c1-6-14(5)11-9-8-10-12-15(7-2)13(3)4/h13-15H,6-12H2,1-5H3. The summed E-state index contributed by atoms with van der Waals surface area (Å²) >= 11 is 0. The molecule has 0 saturated heterocycles. The Kier molecular flexibility index (Phi) is 9.24. The van der Waals surface area contributed by atoms with Gasteiger partial charge in [-0.25, -0.2) is 0 Å². The summed E-state index contributed by atoms with van der Waals surface area (Å²) in [5.41, 5.74) is 0. The number of unbranched alkanes of at least 4 members (excludes halogenated alkanes) is 2. The Hall–Kier alpha value is 0. The average molecular weight is 212 g/mol. The monoisotopic (exact) mass is 212 g/mol. The molecule has 0 aliphatic rings. The van der Waals surface area contributed by atoms with E-state index in [1.165, 1.54) is 44.9 Å². The highest BCUT2D eigenvalue weighted by molar-refractivity contribution is 4.61. The van der Waals surface area contributed by atoms with Gasteiger partial charge in [-0.2, -0.15) is 0 Å². The average Bonchev–Trinajstić information content (AvgIpc) is 2.22. The second-order valence-electron chi connectivity index (χ2n) is 5.56. The van der Waals surface area contributed by atoms with Gasteiger partial charge in [-0.15, -0.1) is 0 Å². The van der Waals surface area contributed by atoms with E-state index in [0.29, 0.717) is 0 Å². The van der Waals surface area contributed by atoms with Crippen LogP contribution in [0.5, 0.6) is 0 Å². The Morgan fingerprint density at radius 1 is 0.733 bits per heavy atom. The lowest BCUT2D eigenvalue weighted by atomic mass is 9.88. The Morgan fingerprint density at radius 2 is 1.33 bits per heavy atom. The summed E-state index contributed by atoms with van der Waals surface area (Å²) in [5, 5.41) is 0. The van der Waals surface area contributed by atoms with E-state index in [1.54, 1.807) is 0 Å². The quantitative estimate of drug-likeness (QED) is 0.432. The molecule has 92 valence electrons. The lowest BCUT2D eigenvalue weighted by Gasteiger charge is -2.18. The molecule has 0 fully saturated rings. The first-order valence-corrected chi connectivity index (χ1v) is 7.11. The first-order valence-electron chi connectivity index (χ1n) is 7.11. The van der Waals surface area contributed by atoms with Gasteiger partial charge in [0.05, 0.1) is 0 Å². The fourth-order valence-electron chi connectivity index (χ4n) is 2.29. The van der Waals surface area contributed by atoms with Crippen molar-refractivity contribution in [3.05, 3.63) is 0 Å². The second kappa shape index (κ2) is 9.24. The van der Waals surface area contributed by atoms with Crippen LogP contribution in [0.25, 0.3) is 0 Å². The molecular weight excluding hydrogens is 180 g/mol. The largest absolute Gasteiger partial charge is 0.0651 e. The van der Waals surface area contributed by atoms with E-state index < -0.39 is 0 Å². The number of hydrogen-bond donors (Lipinski definition) is 0. The zero-order chi connectivity index (χ0) is 11.7. The highest BCUT2D eigenvalue weighted by atomic mass is 14.2. The first-order chi connectivity index (χ1) is 7.11. The summed E-state index contributed by atoms with van der Waals surface area (Å²) in [6, 6.07) is 0. The van der Waals surface area contributed by atoms with E-state index in [1.807, 2.05) is 0 Å². The molecule has 0 aliphatic carbocycles. The minimum absolute atomic E-state index is 0.879. The highest BCUT2D eigenvalue weighted by Crippen LogP contribution is 2.22. The van der Waals surface area contributed by atoms with Crippen molar-refractivity contribution >= 4 is 0 Å². The third-order valence-corrected chi connectivity index (χ3v) is 3.94. The van der Waals surface area contributed by atoms with Crippen LogP contribution in [0.2, 0.25) is 0 Å². The van der Waals surface area contributed by atoms with E-state index in [-0.39, 0.29) is 0 Å². The van der Waals surface area contributed by atoms with Crippen LogP contribution < -0.4 is 0 Å². The van der Waals surface area contributed by atoms with Crippen molar-refractivity contribution in [2.45, 2.75) is 79.6 Å². The van der Waals surface area contributed by atoms with Crippen molar-refractivity contribution in [1.29, 1.82) is 0 Å². The molecule has 0 rings (SSSR count). The van der Waals surface area contributed by atoms with Crippen LogP contribution in [0, 0.1) is 17.8 Å². The van der Waals surface area contributed by atoms with E-state index in [4.69, 9.17) is 0 Å². The van der Waals surface area contributed by atoms with Gasteiger partial charge in [0.1, 0.15) is 0 Å². The molecule has 0 spiro atoms. The van der Waals surface area contributed by atoms with E-state index >= 15 is 0 Å². The molecule has 0 aliphatic heterocycles. The van der Waals surface area contributed by atoms with Gasteiger partial charge in [0.15, 0.2) is 0 Å². The number of rotatable bonds is 9. The SMILES string of the molecule is CCC(C)CCCCCC(CC)C(C)C. The molecule has 0 heteroatoms. The van der Waals surface area contributed by atoms with Gasteiger partial charge < -0.3 is 0 Å². The van der Waals surface area contributed by atoms with Crippen molar-refractivity contribution in [3.63, 3.8) is 0 Å². The predicted molar refractivity (Wildman–Crippen MR) is 71.2 cm³/mol. The van der Waals surface area contributed by atoms with Crippen molar-refractivity contribution in [2.75, 3.05) is 0 Å². The van der Waals surface area contributed by atoms with Crippen LogP contribution in [-0.2, 0) is 0 Å². The van der Waals surface area contributed by atoms with Crippen molar-refractivity contribution < 1.29 is 0 Å². The highest BCUT2D eigenvalue weighted by Gasteiger charge is 2.10. The summed E-state index contributed by atoms with van der Waals surface area (Å²) in [7, 11) is 0. The van der Waals surface area contributed by atoms with Gasteiger partial charge in [0.25, 0.3) is 0 Å². The molecule has 0 nitrogen and oxygen atoms in total. The van der Waals surface area contributed by atoms with Gasteiger partial charge in [0.2, 0.25) is 0 Å². The molecule has 15 heavy (non-hydrogen) atoms. The van der Waals surface area contributed by atoms with Gasteiger partial charge >= 0.3 is 0 Å². The van der Waals surface area contributed by atoms with Crippen LogP contribution in [0.4, 0.5) is 0 Å². The van der Waals surface area contributed by atoms with Crippen LogP contribution in [0.3, 0.4) is 0 Å². The van der Waals surface area contributed by atoms with Gasteiger partial charge in [-0.05, 0) is 17.8 Å². The molecule has 0 aromatic heterocycles. The minimum Gasteiger partial charge on any atom is -0.0651 e. The Morgan fingerprint density at radius 3 is 1.80 bits per heavy atom. The zero-order valence-corrected chi connectivity index (χ0v) is 11.7. The molecule has 0 aromatic carbocycles. The van der Waals surface area contributed by atoms with E-state index in [2.05, 4.69) is 34.6 Å².